The van der Waals surface area contributed by atoms with Gasteiger partial charge in [0.15, 0.2) is 31.1 Å². The second-order valence-corrected chi connectivity index (χ2v) is 15.4. The van der Waals surface area contributed by atoms with E-state index in [1.54, 1.807) is 0 Å². The van der Waals surface area contributed by atoms with E-state index >= 15 is 0 Å². The first-order valence-electron chi connectivity index (χ1n) is 14.1. The summed E-state index contributed by atoms with van der Waals surface area (Å²) in [4.78, 5) is 23.9. The first-order valence-corrected chi connectivity index (χ1v) is 19.5. The summed E-state index contributed by atoms with van der Waals surface area (Å²) in [6.07, 6.45) is -33.8. The molecule has 310 valence electrons. The zero-order valence-electron chi connectivity index (χ0n) is 26.3. The molecule has 0 aromatic heterocycles. The fourth-order valence-corrected chi connectivity index (χ4v) is 7.08. The maximum absolute atomic E-state index is 12.1. The number of ether oxygens (including phenoxy) is 5. The van der Waals surface area contributed by atoms with Gasteiger partial charge in [0, 0.05) is 6.92 Å². The minimum atomic E-state index is -5.81. The van der Waals surface area contributed by atoms with Crippen LogP contribution in [-0.2, 0) is 91.6 Å². The van der Waals surface area contributed by atoms with Gasteiger partial charge in [-0.05, 0) is 6.92 Å². The van der Waals surface area contributed by atoms with Crippen molar-refractivity contribution in [2.75, 3.05) is 6.61 Å². The second kappa shape index (κ2) is 17.1. The molecule has 3 aliphatic heterocycles. The zero-order chi connectivity index (χ0) is 40.6. The Labute approximate surface area is 298 Å². The predicted molar refractivity (Wildman–Crippen MR) is 154 cm³/mol. The number of aliphatic hydroxyl groups excluding tert-OH is 4. The molecule has 0 radical (unpaired) electrons. The first kappa shape index (κ1) is 45.4. The molecule has 0 aliphatic carbocycles. The van der Waals surface area contributed by atoms with Gasteiger partial charge < -0.3 is 54.5 Å². The van der Waals surface area contributed by atoms with Crippen LogP contribution in [0.5, 0.6) is 0 Å². The fraction of sp³-hybridized carbons (Fsp3) is 0.900. The molecule has 3 fully saturated rings. The summed E-state index contributed by atoms with van der Waals surface area (Å²) < 4.78 is 172. The van der Waals surface area contributed by atoms with Crippen LogP contribution in [0.1, 0.15) is 13.8 Å². The highest BCUT2D eigenvalue weighted by Crippen LogP contribution is 2.35. The molecule has 0 spiro atoms. The van der Waals surface area contributed by atoms with E-state index in [1.807, 2.05) is 0 Å². The minimum Gasteiger partial charge on any atom is -0.479 e. The van der Waals surface area contributed by atoms with E-state index in [0.717, 1.165) is 13.8 Å². The molecule has 0 bridgehead atoms. The Morgan fingerprint density at radius 3 is 1.64 bits per heavy atom. The maximum atomic E-state index is 12.1. The van der Waals surface area contributed by atoms with E-state index in [1.165, 1.54) is 0 Å². The molecular formula is C20H33NO28S4. The number of carbonyl (C=O) groups excluding carboxylic acids is 1. The predicted octanol–water partition coefficient (Wildman–Crippen LogP) is -7.00. The summed E-state index contributed by atoms with van der Waals surface area (Å²) >= 11 is 0. The van der Waals surface area contributed by atoms with E-state index in [4.69, 9.17) is 28.2 Å². The highest BCUT2D eigenvalue weighted by molar-refractivity contribution is 7.81. The molecule has 0 aromatic rings. The number of hydrogen-bond donors (Lipinski definition) is 10. The van der Waals surface area contributed by atoms with Crippen LogP contribution in [0.2, 0.25) is 0 Å². The van der Waals surface area contributed by atoms with Crippen molar-refractivity contribution in [3.8, 4) is 0 Å². The van der Waals surface area contributed by atoms with Gasteiger partial charge >= 0.3 is 47.6 Å². The van der Waals surface area contributed by atoms with Crippen LogP contribution < -0.4 is 5.32 Å². The molecule has 29 nitrogen and oxygen atoms in total. The Bertz CT molecular complexity index is 1750. The number of carboxylic acids is 1. The maximum Gasteiger partial charge on any atom is 0.397 e. The molecule has 15 atom stereocenters. The van der Waals surface area contributed by atoms with Gasteiger partial charge in [0.1, 0.15) is 54.9 Å². The lowest BCUT2D eigenvalue weighted by molar-refractivity contribution is -0.364. The molecule has 1 amide bonds. The number of carboxylic acid groups (broad SMARTS) is 1. The van der Waals surface area contributed by atoms with Crippen LogP contribution in [0.25, 0.3) is 0 Å². The van der Waals surface area contributed by atoms with Crippen molar-refractivity contribution in [3.63, 3.8) is 0 Å². The SMILES string of the molecule is CC(=O)N[C@@H]1[C@@H](O[C@@H]2O[C@H](C(=O)O)[C@@H](O)[C@H](O[C@@H]3O[C@@H](C)[C@@H](OS(=O)(=O)O)[C@@H](OS(=O)(=O)O)[C@@H]3OS(=O)(=O)O)[C@H]2O)[C@@H](O)[C@@H](COS(=O)(=O)O)O[C@H]1O. The number of amides is 1. The Kier molecular flexibility index (Phi) is 14.6. The van der Waals surface area contributed by atoms with Crippen LogP contribution >= 0.6 is 0 Å². The van der Waals surface area contributed by atoms with Gasteiger partial charge in [-0.1, -0.05) is 0 Å². The molecule has 53 heavy (non-hydrogen) atoms. The molecule has 3 rings (SSSR count). The normalized spacial score (nSPS) is 38.9. The third-order valence-electron chi connectivity index (χ3n) is 7.24. The van der Waals surface area contributed by atoms with Gasteiger partial charge in [-0.3, -0.25) is 23.0 Å². The minimum absolute atomic E-state index is 0.835. The van der Waals surface area contributed by atoms with Crippen molar-refractivity contribution >= 4 is 53.5 Å². The van der Waals surface area contributed by atoms with Crippen molar-refractivity contribution in [2.24, 2.45) is 0 Å². The molecule has 0 aromatic carbocycles. The molecule has 33 heteroatoms. The summed E-state index contributed by atoms with van der Waals surface area (Å²) in [6.45, 7) is 0.514. The lowest BCUT2D eigenvalue weighted by atomic mass is 9.95. The number of nitrogens with one attached hydrogen (secondary N) is 1. The van der Waals surface area contributed by atoms with Crippen molar-refractivity contribution in [3.05, 3.63) is 0 Å². The van der Waals surface area contributed by atoms with Gasteiger partial charge in [-0.15, -0.1) is 0 Å². The fourth-order valence-electron chi connectivity index (χ4n) is 5.25. The highest BCUT2D eigenvalue weighted by Gasteiger charge is 2.57. The third-order valence-corrected chi connectivity index (χ3v) is 9.07. The number of hydrogen-bond acceptors (Lipinski definition) is 23. The summed E-state index contributed by atoms with van der Waals surface area (Å²) in [5.74, 6) is -2.97. The molecule has 0 unspecified atom stereocenters. The van der Waals surface area contributed by atoms with Gasteiger partial charge in [-0.25, -0.2) is 21.5 Å². The summed E-state index contributed by atoms with van der Waals surface area (Å²) in [5, 5.41) is 55.3. The quantitative estimate of drug-likeness (QED) is 0.0684. The highest BCUT2D eigenvalue weighted by atomic mass is 32.3. The van der Waals surface area contributed by atoms with Gasteiger partial charge in [0.05, 0.1) is 12.7 Å². The Morgan fingerprint density at radius 1 is 0.642 bits per heavy atom. The third kappa shape index (κ3) is 12.8. The smallest absolute Gasteiger partial charge is 0.397 e. The van der Waals surface area contributed by atoms with E-state index in [9.17, 15) is 82.5 Å². The summed E-state index contributed by atoms with van der Waals surface area (Å²) in [5.41, 5.74) is 0. The van der Waals surface area contributed by atoms with Crippen molar-refractivity contribution < 1.29 is 127 Å². The average Bonchev–Trinajstić information content (AvgIpc) is 2.96. The molecule has 3 aliphatic rings. The van der Waals surface area contributed by atoms with Crippen LogP contribution in [0.3, 0.4) is 0 Å². The van der Waals surface area contributed by atoms with Crippen molar-refractivity contribution in [2.45, 2.75) is 106 Å². The monoisotopic (exact) mass is 863 g/mol. The molecular weight excluding hydrogens is 830 g/mol. The molecule has 0 saturated carbocycles. The van der Waals surface area contributed by atoms with Gasteiger partial charge in [0.2, 0.25) is 5.91 Å². The van der Waals surface area contributed by atoms with Crippen molar-refractivity contribution in [1.82, 2.24) is 5.32 Å². The zero-order valence-corrected chi connectivity index (χ0v) is 29.5. The van der Waals surface area contributed by atoms with E-state index < -0.39 is 152 Å². The van der Waals surface area contributed by atoms with E-state index in [2.05, 4.69) is 22.0 Å². The largest absolute Gasteiger partial charge is 0.479 e. The standard InChI is InChI=1S/C20H33NO28S4/c1-4-11(47-51(32,33)34)15(48-52(35,36)37)16(49-53(38,39)40)20(42-4)45-13-9(24)14(17(26)27)46-19(10(13)25)44-12-7(21-5(2)22)18(28)43-6(8(12)23)3-41-50(29,30)31/h4,6-16,18-20,23-25,28H,3H2,1-2H3,(H,21,22)(H,26,27)(H,29,30,31)(H,32,33,34)(H,35,36,37)(H,38,39,40)/t4-,6+,7+,8-,9-,10+,11+,12+,13-,14-,15+,16-,18+,19+,20-/m0/s1. The lowest BCUT2D eigenvalue weighted by Gasteiger charge is -2.48. The average molecular weight is 864 g/mol. The van der Waals surface area contributed by atoms with Crippen LogP contribution in [0.15, 0.2) is 0 Å². The second-order valence-electron chi connectivity index (χ2n) is 11.1. The number of rotatable bonds is 15. The molecule has 3 saturated heterocycles. The summed E-state index contributed by atoms with van der Waals surface area (Å²) in [7, 11) is -22.4. The van der Waals surface area contributed by atoms with E-state index in [0.29, 0.717) is 0 Å². The first-order chi connectivity index (χ1) is 24.0. The summed E-state index contributed by atoms with van der Waals surface area (Å²) in [6, 6.07) is -1.86. The van der Waals surface area contributed by atoms with Gasteiger partial charge in [-0.2, -0.15) is 33.7 Å². The molecule has 3 heterocycles. The Morgan fingerprint density at radius 2 is 1.15 bits per heavy atom. The van der Waals surface area contributed by atoms with Crippen LogP contribution in [0, 0.1) is 0 Å². The topological polar surface area (TPSA) is 448 Å². The van der Waals surface area contributed by atoms with Crippen LogP contribution in [0.4, 0.5) is 0 Å². The number of aliphatic hydroxyl groups is 4. The number of carbonyl (C=O) groups is 2. The lowest BCUT2D eigenvalue weighted by Crippen LogP contribution is -2.69. The number of aliphatic carboxylic acids is 1. The molecule has 10 N–H and O–H groups in total. The van der Waals surface area contributed by atoms with Gasteiger partial charge in [0.25, 0.3) is 0 Å². The Balaban J connectivity index is 2.05. The van der Waals surface area contributed by atoms with Crippen LogP contribution in [-0.4, -0.2) is 188 Å². The Hall–Kier alpha value is -1.94. The van der Waals surface area contributed by atoms with E-state index in [-0.39, 0.29) is 0 Å². The van der Waals surface area contributed by atoms with Crippen molar-refractivity contribution in [1.29, 1.82) is 0 Å².